The molecule has 0 unspecified atom stereocenters. The number of hydrogen-bond donors (Lipinski definition) is 1. The lowest BCUT2D eigenvalue weighted by atomic mass is 10.3. The smallest absolute Gasteiger partial charge is 0.135 e. The molecule has 0 amide bonds. The first-order valence-corrected chi connectivity index (χ1v) is 3.73. The summed E-state index contributed by atoms with van der Waals surface area (Å²) < 4.78 is 0. The van der Waals surface area contributed by atoms with Crippen molar-refractivity contribution in [2.75, 3.05) is 6.61 Å². The van der Waals surface area contributed by atoms with Gasteiger partial charge in [0.05, 0.1) is 12.3 Å². The Balaban J connectivity index is 2.66. The molecule has 3 heteroatoms. The summed E-state index contributed by atoms with van der Waals surface area (Å²) in [7, 11) is 0. The second kappa shape index (κ2) is 4.47. The Kier molecular flexibility index (Phi) is 3.24. The lowest BCUT2D eigenvalue weighted by Crippen LogP contribution is -1.88. The molecule has 0 saturated carbocycles. The van der Waals surface area contributed by atoms with Crippen LogP contribution in [-0.4, -0.2) is 21.9 Å². The first-order chi connectivity index (χ1) is 5.83. The van der Waals surface area contributed by atoms with E-state index in [0.717, 1.165) is 5.69 Å². The number of hydrogen-bond acceptors (Lipinski definition) is 3. The number of aliphatic hydroxyl groups is 1. The number of rotatable bonds is 1. The van der Waals surface area contributed by atoms with Gasteiger partial charge in [0, 0.05) is 6.42 Å². The first kappa shape index (κ1) is 8.69. The van der Waals surface area contributed by atoms with E-state index < -0.39 is 0 Å². The fraction of sp³-hybridized carbons (Fsp3) is 0.333. The van der Waals surface area contributed by atoms with Crippen LogP contribution in [0.2, 0.25) is 0 Å². The highest BCUT2D eigenvalue weighted by Gasteiger charge is 1.87. The molecule has 0 saturated heterocycles. The number of aryl methyl sites for hydroxylation is 1. The normalized spacial score (nSPS) is 8.83. The van der Waals surface area contributed by atoms with Crippen molar-refractivity contribution in [2.24, 2.45) is 0 Å². The van der Waals surface area contributed by atoms with Crippen LogP contribution in [0.1, 0.15) is 17.8 Å². The van der Waals surface area contributed by atoms with Crippen molar-refractivity contribution in [3.05, 3.63) is 23.5 Å². The average Bonchev–Trinajstić information content (AvgIpc) is 2.09. The van der Waals surface area contributed by atoms with Crippen LogP contribution in [0, 0.1) is 18.8 Å². The van der Waals surface area contributed by atoms with Crippen molar-refractivity contribution < 1.29 is 5.11 Å². The predicted octanol–water partition coefficient (Wildman–Crippen LogP) is 0.519. The first-order valence-electron chi connectivity index (χ1n) is 3.73. The van der Waals surface area contributed by atoms with E-state index in [1.165, 1.54) is 0 Å². The molecular weight excluding hydrogens is 152 g/mol. The van der Waals surface area contributed by atoms with E-state index in [2.05, 4.69) is 22.0 Å². The molecule has 0 bridgehead atoms. The number of aromatic nitrogens is 2. The zero-order valence-electron chi connectivity index (χ0n) is 6.91. The van der Waals surface area contributed by atoms with E-state index in [-0.39, 0.29) is 6.61 Å². The van der Waals surface area contributed by atoms with Crippen molar-refractivity contribution in [3.63, 3.8) is 0 Å². The standard InChI is InChI=1S/C9H10N2O/c1-8-5-6-9(11-10-8)4-2-3-7-12/h5-6,12H,3,7H2,1H3. The minimum atomic E-state index is 0.0896. The van der Waals surface area contributed by atoms with Crippen molar-refractivity contribution in [1.29, 1.82) is 0 Å². The van der Waals surface area contributed by atoms with Gasteiger partial charge in [0.25, 0.3) is 0 Å². The molecule has 1 aromatic rings. The van der Waals surface area contributed by atoms with Crippen LogP contribution >= 0.6 is 0 Å². The summed E-state index contributed by atoms with van der Waals surface area (Å²) in [4.78, 5) is 0. The summed E-state index contributed by atoms with van der Waals surface area (Å²) in [5, 5.41) is 16.1. The van der Waals surface area contributed by atoms with E-state index in [9.17, 15) is 0 Å². The SMILES string of the molecule is Cc1ccc(C#CCCO)nn1. The van der Waals surface area contributed by atoms with E-state index in [4.69, 9.17) is 5.11 Å². The molecule has 0 aliphatic heterocycles. The van der Waals surface area contributed by atoms with Crippen LogP contribution in [0.3, 0.4) is 0 Å². The number of nitrogens with zero attached hydrogens (tertiary/aromatic N) is 2. The summed E-state index contributed by atoms with van der Waals surface area (Å²) in [6.45, 7) is 1.96. The van der Waals surface area contributed by atoms with Gasteiger partial charge in [-0.05, 0) is 25.0 Å². The minimum Gasteiger partial charge on any atom is -0.395 e. The van der Waals surface area contributed by atoms with Gasteiger partial charge in [0.15, 0.2) is 0 Å². The van der Waals surface area contributed by atoms with Crippen LogP contribution in [0.4, 0.5) is 0 Å². The molecule has 62 valence electrons. The molecule has 3 nitrogen and oxygen atoms in total. The molecule has 1 heterocycles. The van der Waals surface area contributed by atoms with Gasteiger partial charge in [0.2, 0.25) is 0 Å². The molecule has 1 aromatic heterocycles. The molecule has 0 spiro atoms. The largest absolute Gasteiger partial charge is 0.395 e. The van der Waals surface area contributed by atoms with Crippen molar-refractivity contribution in [2.45, 2.75) is 13.3 Å². The van der Waals surface area contributed by atoms with Crippen LogP contribution in [0.25, 0.3) is 0 Å². The second-order valence-corrected chi connectivity index (χ2v) is 2.34. The molecule has 1 N–H and O–H groups in total. The lowest BCUT2D eigenvalue weighted by Gasteiger charge is -1.88. The summed E-state index contributed by atoms with van der Waals surface area (Å²) in [5.41, 5.74) is 1.52. The Morgan fingerprint density at radius 3 is 2.83 bits per heavy atom. The molecule has 1 rings (SSSR count). The Labute approximate surface area is 71.5 Å². The summed E-state index contributed by atoms with van der Waals surface area (Å²) in [5.74, 6) is 5.56. The van der Waals surface area contributed by atoms with Crippen LogP contribution < -0.4 is 0 Å². The van der Waals surface area contributed by atoms with Crippen molar-refractivity contribution in [3.8, 4) is 11.8 Å². The van der Waals surface area contributed by atoms with Crippen molar-refractivity contribution in [1.82, 2.24) is 10.2 Å². The van der Waals surface area contributed by atoms with Crippen LogP contribution in [-0.2, 0) is 0 Å². The van der Waals surface area contributed by atoms with E-state index in [1.807, 2.05) is 19.1 Å². The third kappa shape index (κ3) is 2.69. The second-order valence-electron chi connectivity index (χ2n) is 2.34. The fourth-order valence-electron chi connectivity index (χ4n) is 0.675. The molecular formula is C9H10N2O. The lowest BCUT2D eigenvalue weighted by molar-refractivity contribution is 0.305. The van der Waals surface area contributed by atoms with Gasteiger partial charge in [-0.1, -0.05) is 5.92 Å². The van der Waals surface area contributed by atoms with Crippen LogP contribution in [0.5, 0.6) is 0 Å². The fourth-order valence-corrected chi connectivity index (χ4v) is 0.675. The Morgan fingerprint density at radius 2 is 2.25 bits per heavy atom. The third-order valence-electron chi connectivity index (χ3n) is 1.25. The molecule has 0 aliphatic rings. The summed E-state index contributed by atoms with van der Waals surface area (Å²) >= 11 is 0. The molecule has 0 atom stereocenters. The van der Waals surface area contributed by atoms with Crippen molar-refractivity contribution >= 4 is 0 Å². The molecule has 0 fully saturated rings. The Hall–Kier alpha value is -1.40. The van der Waals surface area contributed by atoms with Gasteiger partial charge >= 0.3 is 0 Å². The van der Waals surface area contributed by atoms with Gasteiger partial charge in [0.1, 0.15) is 5.69 Å². The van der Waals surface area contributed by atoms with Gasteiger partial charge in [-0.3, -0.25) is 0 Å². The Bertz CT molecular complexity index is 295. The monoisotopic (exact) mass is 162 g/mol. The minimum absolute atomic E-state index is 0.0896. The van der Waals surface area contributed by atoms with Gasteiger partial charge in [-0.25, -0.2) is 0 Å². The van der Waals surface area contributed by atoms with Gasteiger partial charge < -0.3 is 5.11 Å². The zero-order valence-corrected chi connectivity index (χ0v) is 6.91. The molecule has 0 radical (unpaired) electrons. The maximum Gasteiger partial charge on any atom is 0.135 e. The summed E-state index contributed by atoms with van der Waals surface area (Å²) in [6, 6.07) is 3.67. The quantitative estimate of drug-likeness (QED) is 0.612. The van der Waals surface area contributed by atoms with Gasteiger partial charge in [-0.15, -0.1) is 5.10 Å². The average molecular weight is 162 g/mol. The highest BCUT2D eigenvalue weighted by Crippen LogP contribution is 1.92. The van der Waals surface area contributed by atoms with E-state index in [1.54, 1.807) is 0 Å². The summed E-state index contributed by atoms with van der Waals surface area (Å²) in [6.07, 6.45) is 0.482. The van der Waals surface area contributed by atoms with Gasteiger partial charge in [-0.2, -0.15) is 5.10 Å². The topological polar surface area (TPSA) is 46.0 Å². The van der Waals surface area contributed by atoms with Crippen LogP contribution in [0.15, 0.2) is 12.1 Å². The maximum absolute atomic E-state index is 8.45. The predicted molar refractivity (Wildman–Crippen MR) is 45.3 cm³/mol. The van der Waals surface area contributed by atoms with E-state index in [0.29, 0.717) is 12.1 Å². The molecule has 12 heavy (non-hydrogen) atoms. The highest BCUT2D eigenvalue weighted by atomic mass is 16.2. The number of aliphatic hydroxyl groups excluding tert-OH is 1. The van der Waals surface area contributed by atoms with E-state index >= 15 is 0 Å². The molecule has 0 aliphatic carbocycles. The molecule has 0 aromatic carbocycles. The third-order valence-corrected chi connectivity index (χ3v) is 1.25. The maximum atomic E-state index is 8.45. The zero-order chi connectivity index (χ0) is 8.81. The highest BCUT2D eigenvalue weighted by molar-refractivity contribution is 5.26. The Morgan fingerprint density at radius 1 is 1.42 bits per heavy atom.